The van der Waals surface area contributed by atoms with E-state index in [0.29, 0.717) is 22.8 Å². The van der Waals surface area contributed by atoms with Crippen molar-refractivity contribution < 1.29 is 0 Å². The molecule has 2 heteroatoms. The van der Waals surface area contributed by atoms with Crippen LogP contribution in [0.3, 0.4) is 0 Å². The van der Waals surface area contributed by atoms with Gasteiger partial charge in [-0.1, -0.05) is 45.9 Å². The Hall–Kier alpha value is -1.41. The number of hydrogen-bond donors (Lipinski definition) is 1. The Morgan fingerprint density at radius 3 is 2.38 bits per heavy atom. The van der Waals surface area contributed by atoms with E-state index in [1.54, 1.807) is 0 Å². The van der Waals surface area contributed by atoms with Gasteiger partial charge in [-0.25, -0.2) is 0 Å². The molecule has 1 heterocycles. The van der Waals surface area contributed by atoms with Gasteiger partial charge in [0.05, 0.1) is 5.52 Å². The quantitative estimate of drug-likeness (QED) is 0.915. The summed E-state index contributed by atoms with van der Waals surface area (Å²) in [5, 5.41) is 4.86. The third-order valence-corrected chi connectivity index (χ3v) is 6.08. The molecule has 2 aromatic rings. The van der Waals surface area contributed by atoms with Gasteiger partial charge in [-0.15, -0.1) is 0 Å². The van der Waals surface area contributed by atoms with Crippen molar-refractivity contribution in [1.29, 1.82) is 0 Å². The van der Waals surface area contributed by atoms with Crippen molar-refractivity contribution in [1.82, 2.24) is 10.3 Å². The number of benzene rings is 1. The van der Waals surface area contributed by atoms with Gasteiger partial charge in [-0.05, 0) is 47.9 Å². The first-order chi connectivity index (χ1) is 9.89. The van der Waals surface area contributed by atoms with Crippen molar-refractivity contribution in [3.05, 3.63) is 42.1 Å². The normalized spacial score (nSPS) is 21.4. The predicted octanol–water partition coefficient (Wildman–Crippen LogP) is 4.05. The number of rotatable bonds is 4. The average Bonchev–Trinajstić information content (AvgIpc) is 2.87. The summed E-state index contributed by atoms with van der Waals surface area (Å²) in [5.41, 5.74) is 3.31. The zero-order valence-corrected chi connectivity index (χ0v) is 13.8. The van der Waals surface area contributed by atoms with E-state index in [4.69, 9.17) is 0 Å². The number of para-hydroxylation sites is 1. The minimum absolute atomic E-state index is 0.406. The van der Waals surface area contributed by atoms with Crippen LogP contribution in [0.2, 0.25) is 0 Å². The fraction of sp³-hybridized carbons (Fsp3) is 0.526. The average molecular weight is 282 g/mol. The maximum Gasteiger partial charge on any atom is 0.0704 e. The second-order valence-electron chi connectivity index (χ2n) is 7.51. The van der Waals surface area contributed by atoms with Gasteiger partial charge in [0, 0.05) is 17.6 Å². The van der Waals surface area contributed by atoms with Crippen molar-refractivity contribution in [2.75, 3.05) is 7.05 Å². The molecule has 0 radical (unpaired) electrons. The van der Waals surface area contributed by atoms with E-state index in [1.165, 1.54) is 10.9 Å². The molecule has 1 saturated carbocycles. The van der Waals surface area contributed by atoms with Crippen molar-refractivity contribution >= 4 is 10.9 Å². The number of fused-ring (bicyclic) bond motifs is 1. The second-order valence-corrected chi connectivity index (χ2v) is 7.51. The SMILES string of the molecule is CNC(Cc1ccnc2ccccc12)C1C(C)(C)C1(C)C. The van der Waals surface area contributed by atoms with Crippen molar-refractivity contribution in [3.63, 3.8) is 0 Å². The lowest BCUT2D eigenvalue weighted by Crippen LogP contribution is -2.32. The molecule has 1 aromatic carbocycles. The number of aromatic nitrogens is 1. The summed E-state index contributed by atoms with van der Waals surface area (Å²) < 4.78 is 0. The number of likely N-dealkylation sites (N-methyl/N-ethyl adjacent to an activating group) is 1. The van der Waals surface area contributed by atoms with E-state index in [0.717, 1.165) is 11.9 Å². The lowest BCUT2D eigenvalue weighted by atomic mass is 9.95. The van der Waals surface area contributed by atoms with E-state index in [2.05, 4.69) is 75.4 Å². The molecule has 0 bridgehead atoms. The van der Waals surface area contributed by atoms with Crippen LogP contribution in [-0.4, -0.2) is 18.1 Å². The molecule has 1 fully saturated rings. The molecule has 0 aliphatic heterocycles. The molecule has 0 spiro atoms. The van der Waals surface area contributed by atoms with E-state index >= 15 is 0 Å². The molecule has 1 N–H and O–H groups in total. The van der Waals surface area contributed by atoms with Crippen LogP contribution >= 0.6 is 0 Å². The van der Waals surface area contributed by atoms with E-state index in [9.17, 15) is 0 Å². The van der Waals surface area contributed by atoms with Crippen LogP contribution in [0.4, 0.5) is 0 Å². The molecule has 3 rings (SSSR count). The molecule has 21 heavy (non-hydrogen) atoms. The van der Waals surface area contributed by atoms with Crippen LogP contribution in [0.5, 0.6) is 0 Å². The van der Waals surface area contributed by atoms with Gasteiger partial charge in [0.15, 0.2) is 0 Å². The highest BCUT2D eigenvalue weighted by molar-refractivity contribution is 5.81. The van der Waals surface area contributed by atoms with Crippen molar-refractivity contribution in [2.24, 2.45) is 16.7 Å². The van der Waals surface area contributed by atoms with Gasteiger partial charge in [-0.2, -0.15) is 0 Å². The smallest absolute Gasteiger partial charge is 0.0704 e. The zero-order valence-electron chi connectivity index (χ0n) is 13.8. The summed E-state index contributed by atoms with van der Waals surface area (Å²) >= 11 is 0. The molecule has 2 nitrogen and oxygen atoms in total. The highest BCUT2D eigenvalue weighted by atomic mass is 14.9. The van der Waals surface area contributed by atoms with Gasteiger partial charge in [0.2, 0.25) is 0 Å². The van der Waals surface area contributed by atoms with Gasteiger partial charge in [-0.3, -0.25) is 4.98 Å². The molecule has 1 atom stereocenters. The summed E-state index contributed by atoms with van der Waals surface area (Å²) in [6.07, 6.45) is 3.00. The lowest BCUT2D eigenvalue weighted by molar-refractivity contribution is 0.422. The summed E-state index contributed by atoms with van der Waals surface area (Å²) in [7, 11) is 2.10. The van der Waals surface area contributed by atoms with Gasteiger partial charge < -0.3 is 5.32 Å². The van der Waals surface area contributed by atoms with Gasteiger partial charge in [0.25, 0.3) is 0 Å². The maximum atomic E-state index is 4.47. The first kappa shape index (κ1) is 14.5. The Labute approximate surface area is 128 Å². The van der Waals surface area contributed by atoms with Crippen LogP contribution in [0.1, 0.15) is 33.3 Å². The number of pyridine rings is 1. The van der Waals surface area contributed by atoms with E-state index < -0.39 is 0 Å². The highest BCUT2D eigenvalue weighted by Gasteiger charge is 2.66. The van der Waals surface area contributed by atoms with Crippen LogP contribution in [0, 0.1) is 16.7 Å². The Kier molecular flexibility index (Phi) is 3.32. The zero-order chi connectivity index (χ0) is 15.3. The minimum atomic E-state index is 0.406. The van der Waals surface area contributed by atoms with Crippen molar-refractivity contribution in [2.45, 2.75) is 40.2 Å². The Balaban J connectivity index is 1.91. The van der Waals surface area contributed by atoms with E-state index in [1.807, 2.05) is 6.20 Å². The maximum absolute atomic E-state index is 4.47. The lowest BCUT2D eigenvalue weighted by Gasteiger charge is -2.19. The fourth-order valence-corrected chi connectivity index (χ4v) is 4.21. The topological polar surface area (TPSA) is 24.9 Å². The summed E-state index contributed by atoms with van der Waals surface area (Å²) in [4.78, 5) is 4.47. The van der Waals surface area contributed by atoms with Crippen LogP contribution < -0.4 is 5.32 Å². The van der Waals surface area contributed by atoms with Gasteiger partial charge in [0.1, 0.15) is 0 Å². The number of nitrogens with zero attached hydrogens (tertiary/aromatic N) is 1. The standard InChI is InChI=1S/C19H26N2/c1-18(2)17(19(18,3)4)16(20-5)12-13-10-11-21-15-9-7-6-8-14(13)15/h6-11,16-17,20H,12H2,1-5H3. The first-order valence-electron chi connectivity index (χ1n) is 7.89. The Morgan fingerprint density at radius 2 is 1.76 bits per heavy atom. The summed E-state index contributed by atoms with van der Waals surface area (Å²) in [5.74, 6) is 0.710. The van der Waals surface area contributed by atoms with Crippen LogP contribution in [0.25, 0.3) is 10.9 Å². The van der Waals surface area contributed by atoms with Gasteiger partial charge >= 0.3 is 0 Å². The summed E-state index contributed by atoms with van der Waals surface area (Å²) in [6, 6.07) is 11.1. The van der Waals surface area contributed by atoms with Crippen LogP contribution in [0.15, 0.2) is 36.5 Å². The minimum Gasteiger partial charge on any atom is -0.316 e. The Morgan fingerprint density at radius 1 is 1.10 bits per heavy atom. The molecule has 1 aliphatic rings. The molecular weight excluding hydrogens is 256 g/mol. The fourth-order valence-electron chi connectivity index (χ4n) is 4.21. The molecule has 0 saturated heterocycles. The summed E-state index contributed by atoms with van der Waals surface area (Å²) in [6.45, 7) is 9.58. The number of nitrogens with one attached hydrogen (secondary N) is 1. The second kappa shape index (κ2) is 4.81. The number of hydrogen-bond acceptors (Lipinski definition) is 2. The van der Waals surface area contributed by atoms with Crippen LogP contribution in [-0.2, 0) is 6.42 Å². The highest BCUT2D eigenvalue weighted by Crippen LogP contribution is 2.69. The molecule has 0 amide bonds. The molecule has 1 unspecified atom stereocenters. The molecule has 1 aromatic heterocycles. The monoisotopic (exact) mass is 282 g/mol. The van der Waals surface area contributed by atoms with Crippen molar-refractivity contribution in [3.8, 4) is 0 Å². The molecule has 1 aliphatic carbocycles. The largest absolute Gasteiger partial charge is 0.316 e. The van der Waals surface area contributed by atoms with E-state index in [-0.39, 0.29) is 0 Å². The molecule has 112 valence electrons. The predicted molar refractivity (Wildman–Crippen MR) is 89.3 cm³/mol. The molecular formula is C19H26N2. The Bertz CT molecular complexity index is 638. The third kappa shape index (κ3) is 2.17. The third-order valence-electron chi connectivity index (χ3n) is 6.08. The first-order valence-corrected chi connectivity index (χ1v) is 7.89.